The van der Waals surface area contributed by atoms with E-state index < -0.39 is 0 Å². The van der Waals surface area contributed by atoms with Crippen LogP contribution in [0.25, 0.3) is 0 Å². The summed E-state index contributed by atoms with van der Waals surface area (Å²) in [7, 11) is 0. The number of benzene rings is 1. The van der Waals surface area contributed by atoms with E-state index in [4.69, 9.17) is 16.6 Å². The average molecular weight is 469 g/mol. The Balaban J connectivity index is 1.57. The third-order valence-electron chi connectivity index (χ3n) is 7.17. The minimum atomic E-state index is -0.0168. The van der Waals surface area contributed by atoms with Gasteiger partial charge in [-0.25, -0.2) is 0 Å². The minimum absolute atomic E-state index is 0.0168. The lowest BCUT2D eigenvalue weighted by atomic mass is 9.82. The maximum Gasteiger partial charge on any atom is 0.223 e. The van der Waals surface area contributed by atoms with Gasteiger partial charge in [0.2, 0.25) is 5.91 Å². The average Bonchev–Trinajstić information content (AvgIpc) is 2.81. The topological polar surface area (TPSA) is 48.5 Å². The van der Waals surface area contributed by atoms with Crippen molar-refractivity contribution >= 4 is 17.5 Å². The van der Waals surface area contributed by atoms with Crippen molar-refractivity contribution in [3.05, 3.63) is 64.9 Å². The third-order valence-corrected chi connectivity index (χ3v) is 7.42. The predicted octanol–water partition coefficient (Wildman–Crippen LogP) is 4.77. The van der Waals surface area contributed by atoms with Crippen LogP contribution < -0.4 is 5.32 Å². The molecule has 3 heterocycles. The fraction of sp³-hybridized carbons (Fsp3) is 0.556. The van der Waals surface area contributed by atoms with Gasteiger partial charge in [0.25, 0.3) is 0 Å². The van der Waals surface area contributed by atoms with Crippen molar-refractivity contribution in [3.8, 4) is 0 Å². The second kappa shape index (κ2) is 10.5. The van der Waals surface area contributed by atoms with Crippen LogP contribution in [0, 0.1) is 11.3 Å². The van der Waals surface area contributed by atoms with Crippen LogP contribution in [0.4, 0.5) is 0 Å². The maximum absolute atomic E-state index is 13.4. The molecule has 2 aliphatic rings. The highest BCUT2D eigenvalue weighted by atomic mass is 35.5. The van der Waals surface area contributed by atoms with Crippen LogP contribution in [0.1, 0.15) is 57.3 Å². The highest BCUT2D eigenvalue weighted by Gasteiger charge is 2.40. The van der Waals surface area contributed by atoms with E-state index in [2.05, 4.69) is 54.1 Å². The van der Waals surface area contributed by atoms with Crippen LogP contribution >= 0.6 is 11.6 Å². The van der Waals surface area contributed by atoms with Crippen molar-refractivity contribution in [3.63, 3.8) is 0 Å². The molecule has 2 saturated heterocycles. The monoisotopic (exact) mass is 468 g/mol. The van der Waals surface area contributed by atoms with Gasteiger partial charge in [0.05, 0.1) is 11.7 Å². The Labute approximate surface area is 203 Å². The molecule has 178 valence electrons. The number of aromatic nitrogens is 1. The van der Waals surface area contributed by atoms with E-state index in [1.807, 2.05) is 30.5 Å². The van der Waals surface area contributed by atoms with Crippen LogP contribution in [0.2, 0.25) is 5.02 Å². The maximum atomic E-state index is 13.4. The standard InChI is InChI=1S/C27H37ClN4O/c1-27(2,3)24-19-31(16-17-32(24)25(33)18-20-11-14-29-15-12-20)26(23-6-4-5-13-30-23)21-7-9-22(28)10-8-21/h4-10,13,20,24,26,29H,11-12,14-19H2,1-3H3/t24-,26?/m1/s1. The van der Waals surface area contributed by atoms with Gasteiger partial charge in [-0.3, -0.25) is 14.7 Å². The van der Waals surface area contributed by atoms with Crippen LogP contribution in [-0.2, 0) is 4.79 Å². The van der Waals surface area contributed by atoms with Gasteiger partial charge >= 0.3 is 0 Å². The number of nitrogens with zero attached hydrogens (tertiary/aromatic N) is 3. The molecule has 0 spiro atoms. The first-order valence-electron chi connectivity index (χ1n) is 12.2. The van der Waals surface area contributed by atoms with Gasteiger partial charge in [-0.1, -0.05) is 50.6 Å². The molecule has 1 amide bonds. The fourth-order valence-corrected chi connectivity index (χ4v) is 5.41. The van der Waals surface area contributed by atoms with Crippen LogP contribution in [0.3, 0.4) is 0 Å². The van der Waals surface area contributed by atoms with E-state index in [0.717, 1.165) is 56.3 Å². The molecule has 2 fully saturated rings. The summed E-state index contributed by atoms with van der Waals surface area (Å²) in [5.41, 5.74) is 2.19. The molecule has 1 aromatic heterocycles. The Morgan fingerprint density at radius 2 is 1.85 bits per heavy atom. The number of hydrogen-bond donors (Lipinski definition) is 1. The Bertz CT molecular complexity index is 906. The molecule has 5 nitrogen and oxygen atoms in total. The van der Waals surface area contributed by atoms with Crippen molar-refractivity contribution in [2.45, 2.75) is 52.1 Å². The number of halogens is 1. The zero-order valence-electron chi connectivity index (χ0n) is 20.1. The first kappa shape index (κ1) is 24.2. The summed E-state index contributed by atoms with van der Waals surface area (Å²) in [5.74, 6) is 0.829. The molecule has 6 heteroatoms. The molecule has 1 unspecified atom stereocenters. The number of nitrogens with one attached hydrogen (secondary N) is 1. The lowest BCUT2D eigenvalue weighted by Crippen LogP contribution is -2.60. The summed E-state index contributed by atoms with van der Waals surface area (Å²) < 4.78 is 0. The number of piperazine rings is 1. The fourth-order valence-electron chi connectivity index (χ4n) is 5.28. The van der Waals surface area contributed by atoms with Crippen molar-refractivity contribution < 1.29 is 4.79 Å². The first-order chi connectivity index (χ1) is 15.8. The minimum Gasteiger partial charge on any atom is -0.337 e. The van der Waals surface area contributed by atoms with E-state index in [1.165, 1.54) is 5.56 Å². The van der Waals surface area contributed by atoms with Gasteiger partial charge < -0.3 is 10.2 Å². The van der Waals surface area contributed by atoms with E-state index >= 15 is 0 Å². The van der Waals surface area contributed by atoms with Crippen LogP contribution in [0.5, 0.6) is 0 Å². The highest BCUT2D eigenvalue weighted by Crippen LogP contribution is 2.35. The molecule has 0 bridgehead atoms. The van der Waals surface area contributed by atoms with Gasteiger partial charge in [0, 0.05) is 43.3 Å². The summed E-state index contributed by atoms with van der Waals surface area (Å²) >= 11 is 6.19. The van der Waals surface area contributed by atoms with Crippen LogP contribution in [-0.4, -0.2) is 59.5 Å². The largest absolute Gasteiger partial charge is 0.337 e. The van der Waals surface area contributed by atoms with Crippen molar-refractivity contribution in [2.75, 3.05) is 32.7 Å². The summed E-state index contributed by atoms with van der Waals surface area (Å²) in [5, 5.41) is 4.14. The second-order valence-corrected chi connectivity index (χ2v) is 11.0. The summed E-state index contributed by atoms with van der Waals surface area (Å²) in [6, 6.07) is 14.4. The number of carbonyl (C=O) groups is 1. The van der Waals surface area contributed by atoms with E-state index in [1.54, 1.807) is 0 Å². The zero-order chi connectivity index (χ0) is 23.4. The van der Waals surface area contributed by atoms with Crippen LogP contribution in [0.15, 0.2) is 48.7 Å². The molecule has 2 atom stereocenters. The Hall–Kier alpha value is -1.95. The lowest BCUT2D eigenvalue weighted by Gasteiger charge is -2.49. The molecule has 33 heavy (non-hydrogen) atoms. The Morgan fingerprint density at radius 3 is 2.48 bits per heavy atom. The first-order valence-corrected chi connectivity index (χ1v) is 12.6. The number of amides is 1. The number of piperidine rings is 1. The summed E-state index contributed by atoms with van der Waals surface area (Å²) in [6.07, 6.45) is 4.74. The van der Waals surface area contributed by atoms with Gasteiger partial charge in [-0.2, -0.15) is 0 Å². The predicted molar refractivity (Wildman–Crippen MR) is 134 cm³/mol. The second-order valence-electron chi connectivity index (χ2n) is 10.6. The molecule has 1 aromatic carbocycles. The molecule has 2 aromatic rings. The summed E-state index contributed by atoms with van der Waals surface area (Å²) in [4.78, 5) is 22.8. The molecule has 0 saturated carbocycles. The molecule has 0 aliphatic carbocycles. The third kappa shape index (κ3) is 5.95. The SMILES string of the molecule is CC(C)(C)[C@H]1CN(C(c2ccc(Cl)cc2)c2ccccn2)CCN1C(=O)CC1CCNCC1. The Morgan fingerprint density at radius 1 is 1.12 bits per heavy atom. The van der Waals surface area contributed by atoms with E-state index in [-0.39, 0.29) is 17.5 Å². The molecule has 2 aliphatic heterocycles. The molecule has 0 radical (unpaired) electrons. The Kier molecular flexibility index (Phi) is 7.72. The van der Waals surface area contributed by atoms with Gasteiger partial charge in [0.1, 0.15) is 0 Å². The van der Waals surface area contributed by atoms with Crippen molar-refractivity contribution in [1.82, 2.24) is 20.1 Å². The van der Waals surface area contributed by atoms with Gasteiger partial charge in [-0.05, 0) is 67.1 Å². The number of hydrogen-bond acceptors (Lipinski definition) is 4. The number of rotatable bonds is 5. The lowest BCUT2D eigenvalue weighted by molar-refractivity contribution is -0.141. The molecular formula is C27H37ClN4O. The van der Waals surface area contributed by atoms with Gasteiger partial charge in [0.15, 0.2) is 0 Å². The molecule has 4 rings (SSSR count). The number of pyridine rings is 1. The smallest absolute Gasteiger partial charge is 0.223 e. The number of carbonyl (C=O) groups excluding carboxylic acids is 1. The zero-order valence-corrected chi connectivity index (χ0v) is 20.9. The summed E-state index contributed by atoms with van der Waals surface area (Å²) in [6.45, 7) is 11.2. The quantitative estimate of drug-likeness (QED) is 0.686. The normalized spacial score (nSPS) is 21.7. The molecular weight excluding hydrogens is 432 g/mol. The van der Waals surface area contributed by atoms with Gasteiger partial charge in [-0.15, -0.1) is 0 Å². The van der Waals surface area contributed by atoms with E-state index in [9.17, 15) is 4.79 Å². The molecule has 1 N–H and O–H groups in total. The van der Waals surface area contributed by atoms with Crippen molar-refractivity contribution in [2.24, 2.45) is 11.3 Å². The highest BCUT2D eigenvalue weighted by molar-refractivity contribution is 6.30. The van der Waals surface area contributed by atoms with Crippen molar-refractivity contribution in [1.29, 1.82) is 0 Å². The van der Waals surface area contributed by atoms with E-state index in [0.29, 0.717) is 18.2 Å².